The lowest BCUT2D eigenvalue weighted by Gasteiger charge is -2.30. The SMILES string of the molecule is C=CCCCCCC(NN)C(C)(C)C. The van der Waals surface area contributed by atoms with Crippen LogP contribution in [-0.2, 0) is 0 Å². The lowest BCUT2D eigenvalue weighted by Crippen LogP contribution is -2.44. The zero-order chi connectivity index (χ0) is 11.0. The summed E-state index contributed by atoms with van der Waals surface area (Å²) < 4.78 is 0. The van der Waals surface area contributed by atoms with E-state index >= 15 is 0 Å². The van der Waals surface area contributed by atoms with Crippen LogP contribution in [0.15, 0.2) is 12.7 Å². The molecule has 0 amide bonds. The van der Waals surface area contributed by atoms with Gasteiger partial charge in [0.05, 0.1) is 0 Å². The molecule has 0 aliphatic rings. The minimum absolute atomic E-state index is 0.257. The average molecular weight is 198 g/mol. The Balaban J connectivity index is 3.58. The largest absolute Gasteiger partial charge is 0.271 e. The molecule has 2 nitrogen and oxygen atoms in total. The van der Waals surface area contributed by atoms with Crippen LogP contribution in [0.25, 0.3) is 0 Å². The monoisotopic (exact) mass is 198 g/mol. The van der Waals surface area contributed by atoms with Crippen molar-refractivity contribution in [3.05, 3.63) is 12.7 Å². The maximum Gasteiger partial charge on any atom is 0.0259 e. The zero-order valence-electron chi connectivity index (χ0n) is 9.97. The number of nitrogens with two attached hydrogens (primary N) is 1. The first-order valence-corrected chi connectivity index (χ1v) is 5.59. The van der Waals surface area contributed by atoms with Gasteiger partial charge in [-0.25, -0.2) is 0 Å². The smallest absolute Gasteiger partial charge is 0.0259 e. The zero-order valence-corrected chi connectivity index (χ0v) is 9.97. The molecule has 0 aliphatic carbocycles. The van der Waals surface area contributed by atoms with Crippen molar-refractivity contribution in [2.75, 3.05) is 0 Å². The van der Waals surface area contributed by atoms with Gasteiger partial charge in [-0.15, -0.1) is 6.58 Å². The third-order valence-electron chi connectivity index (χ3n) is 2.65. The van der Waals surface area contributed by atoms with Gasteiger partial charge in [-0.2, -0.15) is 0 Å². The Morgan fingerprint density at radius 1 is 1.29 bits per heavy atom. The average Bonchev–Trinajstić information content (AvgIpc) is 2.09. The molecule has 2 heteroatoms. The minimum Gasteiger partial charge on any atom is -0.271 e. The molecule has 84 valence electrons. The Morgan fingerprint density at radius 2 is 1.93 bits per heavy atom. The quantitative estimate of drug-likeness (QED) is 0.286. The van der Waals surface area contributed by atoms with Crippen LogP contribution in [0.3, 0.4) is 0 Å². The van der Waals surface area contributed by atoms with E-state index in [0.29, 0.717) is 6.04 Å². The van der Waals surface area contributed by atoms with Crippen LogP contribution in [0, 0.1) is 5.41 Å². The summed E-state index contributed by atoms with van der Waals surface area (Å²) in [5.41, 5.74) is 3.17. The molecule has 0 fully saturated rings. The summed E-state index contributed by atoms with van der Waals surface area (Å²) in [6.07, 6.45) is 8.07. The van der Waals surface area contributed by atoms with Gasteiger partial charge in [-0.1, -0.05) is 39.7 Å². The van der Waals surface area contributed by atoms with Crippen molar-refractivity contribution in [1.82, 2.24) is 5.43 Å². The normalized spacial score (nSPS) is 14.0. The molecule has 0 aliphatic heterocycles. The van der Waals surface area contributed by atoms with E-state index in [1.54, 1.807) is 0 Å². The molecule has 0 radical (unpaired) electrons. The summed E-state index contributed by atoms with van der Waals surface area (Å²) >= 11 is 0. The molecule has 0 bridgehead atoms. The summed E-state index contributed by atoms with van der Waals surface area (Å²) in [5.74, 6) is 5.53. The second-order valence-electron chi connectivity index (χ2n) is 5.01. The summed E-state index contributed by atoms with van der Waals surface area (Å²) in [6, 6.07) is 0.422. The Hall–Kier alpha value is -0.340. The highest BCUT2D eigenvalue weighted by molar-refractivity contribution is 4.78. The molecule has 0 aromatic heterocycles. The second-order valence-corrected chi connectivity index (χ2v) is 5.01. The van der Waals surface area contributed by atoms with E-state index in [0.717, 1.165) is 12.8 Å². The van der Waals surface area contributed by atoms with E-state index < -0.39 is 0 Å². The second kappa shape index (κ2) is 7.02. The van der Waals surface area contributed by atoms with Gasteiger partial charge in [0.25, 0.3) is 0 Å². The summed E-state index contributed by atoms with van der Waals surface area (Å²) in [5, 5.41) is 0. The Labute approximate surface area is 88.9 Å². The van der Waals surface area contributed by atoms with Crippen molar-refractivity contribution in [2.45, 2.75) is 58.9 Å². The van der Waals surface area contributed by atoms with Gasteiger partial charge in [0.2, 0.25) is 0 Å². The molecule has 14 heavy (non-hydrogen) atoms. The van der Waals surface area contributed by atoms with E-state index in [-0.39, 0.29) is 5.41 Å². The van der Waals surface area contributed by atoms with E-state index in [9.17, 15) is 0 Å². The minimum atomic E-state index is 0.257. The number of allylic oxidation sites excluding steroid dienone is 1. The van der Waals surface area contributed by atoms with Crippen LogP contribution < -0.4 is 11.3 Å². The summed E-state index contributed by atoms with van der Waals surface area (Å²) in [6.45, 7) is 10.4. The Kier molecular flexibility index (Phi) is 6.85. The van der Waals surface area contributed by atoms with Crippen molar-refractivity contribution < 1.29 is 0 Å². The molecule has 0 heterocycles. The number of hydrazine groups is 1. The fourth-order valence-electron chi connectivity index (χ4n) is 1.58. The molecule has 0 aromatic carbocycles. The van der Waals surface area contributed by atoms with Crippen LogP contribution in [0.1, 0.15) is 52.9 Å². The maximum absolute atomic E-state index is 5.53. The van der Waals surface area contributed by atoms with Crippen molar-refractivity contribution >= 4 is 0 Å². The lowest BCUT2D eigenvalue weighted by atomic mass is 9.84. The number of unbranched alkanes of at least 4 members (excludes halogenated alkanes) is 3. The van der Waals surface area contributed by atoms with Gasteiger partial charge in [-0.05, 0) is 24.7 Å². The van der Waals surface area contributed by atoms with E-state index in [4.69, 9.17) is 5.84 Å². The number of rotatable bonds is 7. The fourth-order valence-corrected chi connectivity index (χ4v) is 1.58. The van der Waals surface area contributed by atoms with Crippen LogP contribution in [0.2, 0.25) is 0 Å². The van der Waals surface area contributed by atoms with Gasteiger partial charge in [-0.3, -0.25) is 11.3 Å². The fraction of sp³-hybridized carbons (Fsp3) is 0.833. The number of hydrogen-bond acceptors (Lipinski definition) is 2. The third-order valence-corrected chi connectivity index (χ3v) is 2.65. The predicted molar refractivity (Wildman–Crippen MR) is 63.8 cm³/mol. The number of hydrogen-bond donors (Lipinski definition) is 2. The highest BCUT2D eigenvalue weighted by Gasteiger charge is 2.22. The van der Waals surface area contributed by atoms with Crippen molar-refractivity contribution in [3.8, 4) is 0 Å². The summed E-state index contributed by atoms with van der Waals surface area (Å²) in [4.78, 5) is 0. The van der Waals surface area contributed by atoms with Gasteiger partial charge in [0.1, 0.15) is 0 Å². The third kappa shape index (κ3) is 6.17. The molecular formula is C12H26N2. The van der Waals surface area contributed by atoms with Gasteiger partial charge < -0.3 is 0 Å². The van der Waals surface area contributed by atoms with Crippen molar-refractivity contribution in [1.29, 1.82) is 0 Å². The maximum atomic E-state index is 5.53. The molecule has 0 spiro atoms. The molecule has 0 aromatic rings. The molecule has 3 N–H and O–H groups in total. The van der Waals surface area contributed by atoms with E-state index in [1.165, 1.54) is 19.3 Å². The lowest BCUT2D eigenvalue weighted by molar-refractivity contribution is 0.251. The highest BCUT2D eigenvalue weighted by Crippen LogP contribution is 2.23. The molecule has 1 unspecified atom stereocenters. The van der Waals surface area contributed by atoms with Crippen LogP contribution in [0.5, 0.6) is 0 Å². The number of nitrogens with one attached hydrogen (secondary N) is 1. The molecule has 0 rings (SSSR count). The first kappa shape index (κ1) is 13.7. The van der Waals surface area contributed by atoms with Gasteiger partial charge in [0.15, 0.2) is 0 Å². The molecular weight excluding hydrogens is 172 g/mol. The topological polar surface area (TPSA) is 38.0 Å². The van der Waals surface area contributed by atoms with Gasteiger partial charge in [0, 0.05) is 6.04 Å². The van der Waals surface area contributed by atoms with Crippen LogP contribution in [-0.4, -0.2) is 6.04 Å². The van der Waals surface area contributed by atoms with E-state index in [2.05, 4.69) is 32.8 Å². The van der Waals surface area contributed by atoms with E-state index in [1.807, 2.05) is 6.08 Å². The van der Waals surface area contributed by atoms with Gasteiger partial charge >= 0.3 is 0 Å². The summed E-state index contributed by atoms with van der Waals surface area (Å²) in [7, 11) is 0. The first-order chi connectivity index (χ1) is 6.52. The first-order valence-electron chi connectivity index (χ1n) is 5.59. The van der Waals surface area contributed by atoms with Crippen LogP contribution >= 0.6 is 0 Å². The van der Waals surface area contributed by atoms with Crippen LogP contribution in [0.4, 0.5) is 0 Å². The molecule has 1 atom stereocenters. The molecule has 0 saturated carbocycles. The van der Waals surface area contributed by atoms with Crippen molar-refractivity contribution in [2.24, 2.45) is 11.3 Å². The van der Waals surface area contributed by atoms with Crippen molar-refractivity contribution in [3.63, 3.8) is 0 Å². The standard InChI is InChI=1S/C12H26N2/c1-5-6-7-8-9-10-11(14-13)12(2,3)4/h5,11,14H,1,6-10,13H2,2-4H3. The Morgan fingerprint density at radius 3 is 2.36 bits per heavy atom. The highest BCUT2D eigenvalue weighted by atomic mass is 15.2. The predicted octanol–water partition coefficient (Wildman–Crippen LogP) is 3.00. The Bertz CT molecular complexity index is 147. The molecule has 0 saturated heterocycles.